The fraction of sp³-hybridized carbons (Fsp3) is 0.263. The molecule has 0 aromatic heterocycles. The van der Waals surface area contributed by atoms with Gasteiger partial charge in [0.05, 0.1) is 11.8 Å². The summed E-state index contributed by atoms with van der Waals surface area (Å²) in [5, 5.41) is 11.6. The van der Waals surface area contributed by atoms with E-state index in [1.165, 1.54) is 12.1 Å². The molecule has 2 atom stereocenters. The third-order valence-electron chi connectivity index (χ3n) is 4.04. The Labute approximate surface area is 144 Å². The molecule has 2 unspecified atom stereocenters. The lowest BCUT2D eigenvalue weighted by molar-refractivity contribution is -0.117. The van der Waals surface area contributed by atoms with Crippen molar-refractivity contribution >= 4 is 23.4 Å². The van der Waals surface area contributed by atoms with E-state index in [-0.39, 0.29) is 23.6 Å². The molecule has 1 amide bonds. The third kappa shape index (κ3) is 3.95. The van der Waals surface area contributed by atoms with E-state index in [4.69, 9.17) is 5.26 Å². The lowest BCUT2D eigenvalue weighted by Gasteiger charge is -2.10. The SMILES string of the molecule is N#CCCSc1ccccc1NC(=O)C1CC1c1ccc(F)cc1. The fourth-order valence-electron chi connectivity index (χ4n) is 2.69. The molecule has 1 saturated carbocycles. The molecule has 0 heterocycles. The van der Waals surface area contributed by atoms with Crippen molar-refractivity contribution in [1.82, 2.24) is 0 Å². The Balaban J connectivity index is 1.62. The maximum Gasteiger partial charge on any atom is 0.228 e. The maximum absolute atomic E-state index is 13.0. The van der Waals surface area contributed by atoms with Crippen molar-refractivity contribution in [2.75, 3.05) is 11.1 Å². The number of halogens is 1. The van der Waals surface area contributed by atoms with Gasteiger partial charge in [0.25, 0.3) is 0 Å². The second-order valence-corrected chi connectivity index (χ2v) is 6.88. The Hall–Kier alpha value is -2.32. The number of anilines is 1. The molecule has 0 saturated heterocycles. The largest absolute Gasteiger partial charge is 0.325 e. The second-order valence-electron chi connectivity index (χ2n) is 5.74. The van der Waals surface area contributed by atoms with Crippen LogP contribution in [0.15, 0.2) is 53.4 Å². The number of carbonyl (C=O) groups excluding carboxylic acids is 1. The summed E-state index contributed by atoms with van der Waals surface area (Å²) in [6, 6.07) is 16.1. The van der Waals surface area contributed by atoms with Crippen molar-refractivity contribution in [2.24, 2.45) is 5.92 Å². The molecule has 2 aromatic rings. The zero-order valence-electron chi connectivity index (χ0n) is 13.0. The molecule has 24 heavy (non-hydrogen) atoms. The van der Waals surface area contributed by atoms with Crippen LogP contribution in [0.25, 0.3) is 0 Å². The van der Waals surface area contributed by atoms with Gasteiger partial charge in [0, 0.05) is 23.0 Å². The van der Waals surface area contributed by atoms with Gasteiger partial charge in [-0.15, -0.1) is 11.8 Å². The number of benzene rings is 2. The van der Waals surface area contributed by atoms with Gasteiger partial charge < -0.3 is 5.32 Å². The summed E-state index contributed by atoms with van der Waals surface area (Å²) in [6.45, 7) is 0. The molecule has 1 fully saturated rings. The zero-order chi connectivity index (χ0) is 16.9. The molecule has 0 radical (unpaired) electrons. The first-order valence-electron chi connectivity index (χ1n) is 7.84. The summed E-state index contributed by atoms with van der Waals surface area (Å²) in [5.41, 5.74) is 1.79. The number of nitrogens with one attached hydrogen (secondary N) is 1. The lowest BCUT2D eigenvalue weighted by Crippen LogP contribution is -2.15. The molecule has 3 nitrogen and oxygen atoms in total. The molecule has 0 spiro atoms. The average molecular weight is 340 g/mol. The molecule has 3 rings (SSSR count). The van der Waals surface area contributed by atoms with Crippen LogP contribution in [-0.4, -0.2) is 11.7 Å². The molecular formula is C19H17FN2OS. The van der Waals surface area contributed by atoms with Crippen LogP contribution in [0.4, 0.5) is 10.1 Å². The van der Waals surface area contributed by atoms with Crippen molar-refractivity contribution in [3.63, 3.8) is 0 Å². The normalized spacial score (nSPS) is 18.7. The van der Waals surface area contributed by atoms with Crippen LogP contribution in [0.2, 0.25) is 0 Å². The molecule has 5 heteroatoms. The van der Waals surface area contributed by atoms with Gasteiger partial charge in [-0.1, -0.05) is 24.3 Å². The number of rotatable bonds is 6. The van der Waals surface area contributed by atoms with E-state index < -0.39 is 0 Å². The smallest absolute Gasteiger partial charge is 0.228 e. The molecule has 2 aromatic carbocycles. The number of hydrogen-bond donors (Lipinski definition) is 1. The molecule has 1 N–H and O–H groups in total. The lowest BCUT2D eigenvalue weighted by atomic mass is 10.1. The number of amides is 1. The van der Waals surface area contributed by atoms with Gasteiger partial charge in [0.1, 0.15) is 5.82 Å². The topological polar surface area (TPSA) is 52.9 Å². The predicted molar refractivity (Wildman–Crippen MR) is 93.3 cm³/mol. The van der Waals surface area contributed by atoms with E-state index >= 15 is 0 Å². The first kappa shape index (κ1) is 16.5. The molecule has 122 valence electrons. The first-order valence-corrected chi connectivity index (χ1v) is 8.82. The quantitative estimate of drug-likeness (QED) is 0.619. The number of nitrogens with zero attached hydrogens (tertiary/aromatic N) is 1. The van der Waals surface area contributed by atoms with Crippen molar-refractivity contribution in [3.8, 4) is 6.07 Å². The van der Waals surface area contributed by atoms with Crippen LogP contribution in [-0.2, 0) is 4.79 Å². The summed E-state index contributed by atoms with van der Waals surface area (Å²) < 4.78 is 13.0. The Kier molecular flexibility index (Phi) is 5.17. The van der Waals surface area contributed by atoms with Crippen LogP contribution in [0, 0.1) is 23.1 Å². The minimum atomic E-state index is -0.260. The van der Waals surface area contributed by atoms with Gasteiger partial charge in [-0.05, 0) is 42.2 Å². The molecule has 0 aliphatic heterocycles. The number of para-hydroxylation sites is 1. The number of thioether (sulfide) groups is 1. The highest BCUT2D eigenvalue weighted by Gasteiger charge is 2.44. The Morgan fingerprint density at radius 1 is 1.25 bits per heavy atom. The summed E-state index contributed by atoms with van der Waals surface area (Å²) in [4.78, 5) is 13.4. The highest BCUT2D eigenvalue weighted by atomic mass is 32.2. The van der Waals surface area contributed by atoms with Crippen LogP contribution >= 0.6 is 11.8 Å². The average Bonchev–Trinajstić information content (AvgIpc) is 3.38. The van der Waals surface area contributed by atoms with E-state index in [0.717, 1.165) is 22.6 Å². The van der Waals surface area contributed by atoms with Crippen LogP contribution in [0.5, 0.6) is 0 Å². The minimum Gasteiger partial charge on any atom is -0.325 e. The maximum atomic E-state index is 13.0. The highest BCUT2D eigenvalue weighted by Crippen LogP contribution is 2.48. The van der Waals surface area contributed by atoms with Crippen LogP contribution in [0.3, 0.4) is 0 Å². The number of hydrogen-bond acceptors (Lipinski definition) is 3. The van der Waals surface area contributed by atoms with Crippen molar-refractivity contribution in [2.45, 2.75) is 23.7 Å². The summed E-state index contributed by atoms with van der Waals surface area (Å²) in [7, 11) is 0. The summed E-state index contributed by atoms with van der Waals surface area (Å²) in [5.74, 6) is 0.545. The number of carbonyl (C=O) groups is 1. The van der Waals surface area contributed by atoms with E-state index in [1.807, 2.05) is 24.3 Å². The second kappa shape index (κ2) is 7.50. The summed E-state index contributed by atoms with van der Waals surface area (Å²) in [6.07, 6.45) is 1.27. The third-order valence-corrected chi connectivity index (χ3v) is 5.12. The van der Waals surface area contributed by atoms with Crippen LogP contribution < -0.4 is 5.32 Å². The predicted octanol–water partition coefficient (Wildman–Crippen LogP) is 4.57. The van der Waals surface area contributed by atoms with E-state index in [0.29, 0.717) is 12.2 Å². The van der Waals surface area contributed by atoms with Crippen molar-refractivity contribution in [1.29, 1.82) is 5.26 Å². The van der Waals surface area contributed by atoms with Crippen LogP contribution in [0.1, 0.15) is 24.3 Å². The highest BCUT2D eigenvalue weighted by molar-refractivity contribution is 7.99. The minimum absolute atomic E-state index is 0.00217. The molecule has 1 aliphatic carbocycles. The monoisotopic (exact) mass is 340 g/mol. The van der Waals surface area contributed by atoms with Gasteiger partial charge in [-0.25, -0.2) is 4.39 Å². The van der Waals surface area contributed by atoms with Gasteiger partial charge in [-0.3, -0.25) is 4.79 Å². The van der Waals surface area contributed by atoms with Crippen molar-refractivity contribution < 1.29 is 9.18 Å². The van der Waals surface area contributed by atoms with Gasteiger partial charge in [-0.2, -0.15) is 5.26 Å². The zero-order valence-corrected chi connectivity index (χ0v) is 13.9. The van der Waals surface area contributed by atoms with E-state index in [1.54, 1.807) is 23.9 Å². The first-order chi connectivity index (χ1) is 11.7. The van der Waals surface area contributed by atoms with E-state index in [2.05, 4.69) is 11.4 Å². The van der Waals surface area contributed by atoms with Gasteiger partial charge >= 0.3 is 0 Å². The Morgan fingerprint density at radius 2 is 2.00 bits per heavy atom. The van der Waals surface area contributed by atoms with Gasteiger partial charge in [0.15, 0.2) is 0 Å². The molecule has 0 bridgehead atoms. The molecule has 1 aliphatic rings. The van der Waals surface area contributed by atoms with E-state index in [9.17, 15) is 9.18 Å². The molecular weight excluding hydrogens is 323 g/mol. The van der Waals surface area contributed by atoms with Crippen molar-refractivity contribution in [3.05, 3.63) is 59.9 Å². The Morgan fingerprint density at radius 3 is 2.75 bits per heavy atom. The van der Waals surface area contributed by atoms with Gasteiger partial charge in [0.2, 0.25) is 5.91 Å². The summed E-state index contributed by atoms with van der Waals surface area (Å²) >= 11 is 1.57. The number of nitriles is 1. The Bertz CT molecular complexity index is 770. The standard InChI is InChI=1S/C19H17FN2OS/c20-14-8-6-13(7-9-14)15-12-16(15)19(23)22-17-4-1-2-5-18(17)24-11-3-10-21/h1-2,4-9,15-16H,3,11-12H2,(H,22,23). The fourth-order valence-corrected chi connectivity index (χ4v) is 3.55.